The zero-order valence-electron chi connectivity index (χ0n) is 10.8. The highest BCUT2D eigenvalue weighted by Gasteiger charge is 2.14. The highest BCUT2D eigenvalue weighted by atomic mass is 79.9. The number of benzene rings is 2. The summed E-state index contributed by atoms with van der Waals surface area (Å²) in [4.78, 5) is 0. The Balaban J connectivity index is 2.31. The SMILES string of the molecule is CNC(Cc1cccc(Cl)c1Cl)c1cc(F)cc(Br)c1. The van der Waals surface area contributed by atoms with E-state index in [-0.39, 0.29) is 11.9 Å². The molecule has 1 atom stereocenters. The van der Waals surface area contributed by atoms with E-state index in [1.165, 1.54) is 12.1 Å². The Morgan fingerprint density at radius 2 is 2.00 bits per heavy atom. The average molecular weight is 377 g/mol. The van der Waals surface area contributed by atoms with Crippen LogP contribution in [0, 0.1) is 5.82 Å². The standard InChI is InChI=1S/C15H13BrCl2FN/c1-20-14(10-5-11(16)8-12(19)6-10)7-9-3-2-4-13(17)15(9)18/h2-6,8,14,20H,7H2,1H3. The second kappa shape index (κ2) is 6.90. The van der Waals surface area contributed by atoms with E-state index >= 15 is 0 Å². The molecule has 1 N–H and O–H groups in total. The average Bonchev–Trinajstić information content (AvgIpc) is 2.39. The van der Waals surface area contributed by atoms with Crippen LogP contribution in [0.4, 0.5) is 4.39 Å². The lowest BCUT2D eigenvalue weighted by atomic mass is 9.99. The summed E-state index contributed by atoms with van der Waals surface area (Å²) in [7, 11) is 1.84. The van der Waals surface area contributed by atoms with Crippen molar-refractivity contribution in [3.05, 3.63) is 67.9 Å². The summed E-state index contributed by atoms with van der Waals surface area (Å²) in [6.45, 7) is 0. The monoisotopic (exact) mass is 375 g/mol. The molecule has 0 aliphatic rings. The van der Waals surface area contributed by atoms with Crippen molar-refractivity contribution in [2.45, 2.75) is 12.5 Å². The topological polar surface area (TPSA) is 12.0 Å². The molecule has 0 aliphatic carbocycles. The van der Waals surface area contributed by atoms with Gasteiger partial charge >= 0.3 is 0 Å². The van der Waals surface area contributed by atoms with E-state index in [1.807, 2.05) is 25.2 Å². The van der Waals surface area contributed by atoms with Crippen LogP contribution in [0.25, 0.3) is 0 Å². The minimum absolute atomic E-state index is 0.0435. The molecule has 2 aromatic rings. The predicted molar refractivity (Wildman–Crippen MR) is 86.1 cm³/mol. The maximum absolute atomic E-state index is 13.5. The number of hydrogen-bond donors (Lipinski definition) is 1. The molecular formula is C15H13BrCl2FN. The molecule has 0 heterocycles. The smallest absolute Gasteiger partial charge is 0.124 e. The van der Waals surface area contributed by atoms with E-state index in [0.717, 1.165) is 11.1 Å². The first-order valence-corrected chi connectivity index (χ1v) is 7.62. The van der Waals surface area contributed by atoms with Gasteiger partial charge in [-0.1, -0.05) is 51.3 Å². The lowest BCUT2D eigenvalue weighted by molar-refractivity contribution is 0.576. The molecule has 0 aromatic heterocycles. The van der Waals surface area contributed by atoms with Gasteiger partial charge in [0.15, 0.2) is 0 Å². The van der Waals surface area contributed by atoms with Crippen molar-refractivity contribution in [3.63, 3.8) is 0 Å². The number of halogens is 4. The summed E-state index contributed by atoms with van der Waals surface area (Å²) in [5.74, 6) is -0.271. The number of hydrogen-bond acceptors (Lipinski definition) is 1. The van der Waals surface area contributed by atoms with Crippen molar-refractivity contribution in [3.8, 4) is 0 Å². The van der Waals surface area contributed by atoms with Crippen LogP contribution in [0.3, 0.4) is 0 Å². The molecule has 1 unspecified atom stereocenters. The van der Waals surface area contributed by atoms with Gasteiger partial charge in [0.1, 0.15) is 5.82 Å². The van der Waals surface area contributed by atoms with Gasteiger partial charge in [0.25, 0.3) is 0 Å². The Hall–Kier alpha value is -0.610. The molecule has 106 valence electrons. The Labute approximate surface area is 136 Å². The third-order valence-corrected chi connectivity index (χ3v) is 4.41. The summed E-state index contributed by atoms with van der Waals surface area (Å²) < 4.78 is 14.2. The van der Waals surface area contributed by atoms with Crippen molar-refractivity contribution in [2.24, 2.45) is 0 Å². The summed E-state index contributed by atoms with van der Waals surface area (Å²) >= 11 is 15.5. The molecule has 0 saturated carbocycles. The van der Waals surface area contributed by atoms with Crippen molar-refractivity contribution in [1.82, 2.24) is 5.32 Å². The lowest BCUT2D eigenvalue weighted by Crippen LogP contribution is -2.19. The fourth-order valence-electron chi connectivity index (χ4n) is 2.09. The molecule has 0 aliphatic heterocycles. The quantitative estimate of drug-likeness (QED) is 0.753. The van der Waals surface area contributed by atoms with Crippen molar-refractivity contribution in [1.29, 1.82) is 0 Å². The van der Waals surface area contributed by atoms with E-state index in [4.69, 9.17) is 23.2 Å². The van der Waals surface area contributed by atoms with Crippen LogP contribution in [0.15, 0.2) is 40.9 Å². The molecule has 20 heavy (non-hydrogen) atoms. The van der Waals surface area contributed by atoms with Crippen LogP contribution in [0.1, 0.15) is 17.2 Å². The Morgan fingerprint density at radius 1 is 1.25 bits per heavy atom. The van der Waals surface area contributed by atoms with Crippen molar-refractivity contribution < 1.29 is 4.39 Å². The summed E-state index contributed by atoms with van der Waals surface area (Å²) in [6, 6.07) is 10.3. The minimum atomic E-state index is -0.271. The fraction of sp³-hybridized carbons (Fsp3) is 0.200. The van der Waals surface area contributed by atoms with E-state index in [1.54, 1.807) is 6.07 Å². The summed E-state index contributed by atoms with van der Waals surface area (Å²) in [6.07, 6.45) is 0.631. The van der Waals surface area contributed by atoms with E-state index < -0.39 is 0 Å². The van der Waals surface area contributed by atoms with E-state index in [0.29, 0.717) is 20.9 Å². The molecule has 0 fully saturated rings. The Bertz CT molecular complexity index is 599. The highest BCUT2D eigenvalue weighted by Crippen LogP contribution is 2.30. The van der Waals surface area contributed by atoms with E-state index in [9.17, 15) is 4.39 Å². The van der Waals surface area contributed by atoms with Gasteiger partial charge in [-0.25, -0.2) is 4.39 Å². The van der Waals surface area contributed by atoms with Gasteiger partial charge in [-0.15, -0.1) is 0 Å². The number of nitrogens with one attached hydrogen (secondary N) is 1. The molecular weight excluding hydrogens is 364 g/mol. The van der Waals surface area contributed by atoms with Crippen LogP contribution in [0.5, 0.6) is 0 Å². The molecule has 1 nitrogen and oxygen atoms in total. The Morgan fingerprint density at radius 3 is 2.65 bits per heavy atom. The molecule has 0 amide bonds. The van der Waals surface area contributed by atoms with Crippen molar-refractivity contribution >= 4 is 39.1 Å². The fourth-order valence-corrected chi connectivity index (χ4v) is 2.97. The number of rotatable bonds is 4. The minimum Gasteiger partial charge on any atom is -0.313 e. The van der Waals surface area contributed by atoms with Crippen LogP contribution in [-0.4, -0.2) is 7.05 Å². The summed E-state index contributed by atoms with van der Waals surface area (Å²) in [5, 5.41) is 4.25. The first-order chi connectivity index (χ1) is 9.51. The zero-order valence-corrected chi connectivity index (χ0v) is 13.9. The molecule has 5 heteroatoms. The normalized spacial score (nSPS) is 12.4. The molecule has 0 saturated heterocycles. The van der Waals surface area contributed by atoms with E-state index in [2.05, 4.69) is 21.2 Å². The number of likely N-dealkylation sites (N-methyl/N-ethyl adjacent to an activating group) is 1. The van der Waals surface area contributed by atoms with Crippen LogP contribution in [0.2, 0.25) is 10.0 Å². The first kappa shape index (κ1) is 15.8. The van der Waals surface area contributed by atoms with Gasteiger partial charge in [-0.2, -0.15) is 0 Å². The van der Waals surface area contributed by atoms with Gasteiger partial charge in [0, 0.05) is 10.5 Å². The Kier molecular flexibility index (Phi) is 5.44. The molecule has 0 radical (unpaired) electrons. The van der Waals surface area contributed by atoms with Crippen molar-refractivity contribution in [2.75, 3.05) is 7.05 Å². The third kappa shape index (κ3) is 3.73. The third-order valence-electron chi connectivity index (χ3n) is 3.09. The van der Waals surface area contributed by atoms with Crippen LogP contribution >= 0.6 is 39.1 Å². The summed E-state index contributed by atoms with van der Waals surface area (Å²) in [5.41, 5.74) is 1.79. The maximum atomic E-state index is 13.5. The largest absolute Gasteiger partial charge is 0.313 e. The van der Waals surface area contributed by atoms with Crippen LogP contribution in [-0.2, 0) is 6.42 Å². The van der Waals surface area contributed by atoms with Gasteiger partial charge in [0.2, 0.25) is 0 Å². The maximum Gasteiger partial charge on any atom is 0.124 e. The molecule has 2 rings (SSSR count). The molecule has 0 bridgehead atoms. The van der Waals surface area contributed by atoms with Gasteiger partial charge in [-0.3, -0.25) is 0 Å². The zero-order chi connectivity index (χ0) is 14.7. The molecule has 0 spiro atoms. The predicted octanol–water partition coefficient (Wildman–Crippen LogP) is 5.40. The van der Waals surface area contributed by atoms with Gasteiger partial charge < -0.3 is 5.32 Å². The van der Waals surface area contributed by atoms with Gasteiger partial charge in [-0.05, 0) is 48.9 Å². The first-order valence-electron chi connectivity index (χ1n) is 6.07. The highest BCUT2D eigenvalue weighted by molar-refractivity contribution is 9.10. The molecule has 2 aromatic carbocycles. The lowest BCUT2D eigenvalue weighted by Gasteiger charge is -2.18. The second-order valence-corrected chi connectivity index (χ2v) is 6.16. The van der Waals surface area contributed by atoms with Gasteiger partial charge in [0.05, 0.1) is 10.0 Å². The second-order valence-electron chi connectivity index (χ2n) is 4.46. The van der Waals surface area contributed by atoms with Crippen LogP contribution < -0.4 is 5.32 Å².